The Kier molecular flexibility index (Phi) is 8.28. The van der Waals surface area contributed by atoms with Gasteiger partial charge in [-0.3, -0.25) is 0 Å². The van der Waals surface area contributed by atoms with Gasteiger partial charge in [0.1, 0.15) is 5.58 Å². The second kappa shape index (κ2) is 13.9. The predicted octanol–water partition coefficient (Wildman–Crippen LogP) is 11.6. The van der Waals surface area contributed by atoms with Crippen LogP contribution in [-0.2, 0) is 20.1 Å². The molecule has 8 rings (SSSR count). The summed E-state index contributed by atoms with van der Waals surface area (Å²) in [6, 6.07) is 34.3. The number of thiazole rings is 1. The Balaban J connectivity index is 0.000000279. The van der Waals surface area contributed by atoms with Gasteiger partial charge in [-0.1, -0.05) is 61.2 Å². The third kappa shape index (κ3) is 6.49. The average Bonchev–Trinajstić information content (AvgIpc) is 3.69. The molecule has 0 N–H and O–H groups in total. The minimum absolute atomic E-state index is 0. The molecule has 4 heterocycles. The van der Waals surface area contributed by atoms with Crippen LogP contribution in [0.5, 0.6) is 0 Å². The number of hydrogen-bond acceptors (Lipinski definition) is 5. The van der Waals surface area contributed by atoms with Gasteiger partial charge in [0.15, 0.2) is 0 Å². The molecule has 48 heavy (non-hydrogen) atoms. The number of hydrogen-bond donors (Lipinski definition) is 0. The van der Waals surface area contributed by atoms with Gasteiger partial charge in [-0.2, -0.15) is 0 Å². The molecule has 0 bridgehead atoms. The van der Waals surface area contributed by atoms with E-state index in [1.165, 1.54) is 16.9 Å². The van der Waals surface area contributed by atoms with E-state index in [1.807, 2.05) is 87.6 Å². The third-order valence-electron chi connectivity index (χ3n) is 8.29. The van der Waals surface area contributed by atoms with Gasteiger partial charge in [0.25, 0.3) is 0 Å². The minimum atomic E-state index is -2.24. The second-order valence-electron chi connectivity index (χ2n) is 11.9. The standard InChI is InChI=1S/C30H25N2OS.C12H10N.Ir/c1-16(2)24-15-31-25(12-23(24)29-17(3)8-6-9-18(29)4)21-11-7-10-20-22-13-28-26(32-19(5)34-28)14-27(22)33-30(20)21;1-10-7-8-12(13-9-10)11-5-3-2-4-6-11;/h6-10,12-16H,1-5H3;2-5,7-9H,1H3;/q2*-1;/i5D3,16D;;. The van der Waals surface area contributed by atoms with Crippen molar-refractivity contribution in [2.75, 3.05) is 0 Å². The first-order chi connectivity index (χ1) is 24.3. The van der Waals surface area contributed by atoms with Gasteiger partial charge in [0, 0.05) is 49.4 Å². The maximum atomic E-state index is 8.79. The average molecular weight is 826 g/mol. The molecule has 8 aromatic rings. The monoisotopic (exact) mass is 826 g/mol. The van der Waals surface area contributed by atoms with Crippen molar-refractivity contribution in [3.63, 3.8) is 0 Å². The predicted molar refractivity (Wildman–Crippen MR) is 196 cm³/mol. The van der Waals surface area contributed by atoms with Crippen LogP contribution < -0.4 is 0 Å². The zero-order chi connectivity index (χ0) is 36.1. The Labute approximate surface area is 304 Å². The maximum absolute atomic E-state index is 8.79. The molecule has 0 aliphatic heterocycles. The van der Waals surface area contributed by atoms with Crippen LogP contribution in [0.1, 0.15) is 52.5 Å². The van der Waals surface area contributed by atoms with Gasteiger partial charge in [-0.25, -0.2) is 4.98 Å². The van der Waals surface area contributed by atoms with E-state index in [-0.39, 0.29) is 25.1 Å². The Morgan fingerprint density at radius 1 is 0.833 bits per heavy atom. The van der Waals surface area contributed by atoms with E-state index >= 15 is 0 Å². The summed E-state index contributed by atoms with van der Waals surface area (Å²) in [7, 11) is 0. The zero-order valence-corrected chi connectivity index (χ0v) is 30.4. The van der Waals surface area contributed by atoms with Crippen molar-refractivity contribution in [2.45, 2.75) is 47.4 Å². The number of nitrogens with zero attached hydrogens (tertiary/aromatic N) is 3. The molecule has 241 valence electrons. The van der Waals surface area contributed by atoms with Crippen LogP contribution >= 0.6 is 11.3 Å². The van der Waals surface area contributed by atoms with E-state index in [4.69, 9.17) is 14.9 Å². The molecule has 0 saturated carbocycles. The molecular formula is C42H35IrN3OS-2. The van der Waals surface area contributed by atoms with Crippen LogP contribution in [0.4, 0.5) is 0 Å². The molecular weight excluding hydrogens is 787 g/mol. The Morgan fingerprint density at radius 2 is 1.65 bits per heavy atom. The first-order valence-electron chi connectivity index (χ1n) is 17.4. The van der Waals surface area contributed by atoms with Gasteiger partial charge in [-0.05, 0) is 84.4 Å². The number of aryl methyl sites for hydroxylation is 4. The number of fused-ring (bicyclic) bond motifs is 4. The zero-order valence-electron chi connectivity index (χ0n) is 31.2. The van der Waals surface area contributed by atoms with Crippen molar-refractivity contribution in [3.8, 4) is 33.6 Å². The SMILES string of the molecule is Cc1ccc(-c2[c-]cccc2)nc1.[2H]C([2H])([2H])c1nc2cc3oc4c(-c5cc(-c6c(C)cccc6C)c(C([2H])(C)C)cn5)[c-]ccc4c3cc2s1.[Ir]. The maximum Gasteiger partial charge on any atom is 0.123 e. The van der Waals surface area contributed by atoms with Crippen molar-refractivity contribution in [3.05, 3.63) is 137 Å². The molecule has 0 saturated heterocycles. The van der Waals surface area contributed by atoms with Crippen LogP contribution in [-0.4, -0.2) is 15.0 Å². The molecule has 0 atom stereocenters. The molecule has 0 amide bonds. The van der Waals surface area contributed by atoms with Gasteiger partial charge in [-0.15, -0.1) is 65.4 Å². The van der Waals surface area contributed by atoms with Crippen molar-refractivity contribution in [1.29, 1.82) is 0 Å². The normalized spacial score (nSPS) is 12.9. The first kappa shape index (κ1) is 28.5. The van der Waals surface area contributed by atoms with Gasteiger partial charge in [0.2, 0.25) is 0 Å². The van der Waals surface area contributed by atoms with Crippen molar-refractivity contribution in [2.24, 2.45) is 0 Å². The van der Waals surface area contributed by atoms with E-state index in [0.717, 1.165) is 60.1 Å². The Morgan fingerprint density at radius 3 is 2.35 bits per heavy atom. The van der Waals surface area contributed by atoms with Crippen molar-refractivity contribution in [1.82, 2.24) is 15.0 Å². The fourth-order valence-electron chi connectivity index (χ4n) is 5.97. The second-order valence-corrected chi connectivity index (χ2v) is 12.9. The van der Waals surface area contributed by atoms with E-state index in [0.29, 0.717) is 22.4 Å². The summed E-state index contributed by atoms with van der Waals surface area (Å²) in [6.45, 7) is 7.73. The fraction of sp³-hybridized carbons (Fsp3) is 0.167. The molecule has 1 radical (unpaired) electrons. The number of benzene rings is 4. The fourth-order valence-corrected chi connectivity index (χ4v) is 6.71. The molecule has 0 unspecified atom stereocenters. The summed E-state index contributed by atoms with van der Waals surface area (Å²) in [5.74, 6) is -0.836. The molecule has 0 aliphatic rings. The van der Waals surface area contributed by atoms with E-state index in [9.17, 15) is 0 Å². The van der Waals surface area contributed by atoms with Crippen LogP contribution in [0.15, 0.2) is 102 Å². The molecule has 4 aromatic heterocycles. The molecule has 4 aromatic carbocycles. The topological polar surface area (TPSA) is 51.8 Å². The molecule has 0 spiro atoms. The van der Waals surface area contributed by atoms with Gasteiger partial charge in [0.05, 0.1) is 20.8 Å². The molecule has 0 aliphatic carbocycles. The molecule has 6 heteroatoms. The van der Waals surface area contributed by atoms with E-state index < -0.39 is 12.7 Å². The third-order valence-corrected chi connectivity index (χ3v) is 9.12. The van der Waals surface area contributed by atoms with Crippen LogP contribution in [0.25, 0.3) is 65.8 Å². The van der Waals surface area contributed by atoms with E-state index in [1.54, 1.807) is 12.3 Å². The summed E-state index contributed by atoms with van der Waals surface area (Å²) in [5.41, 5.74) is 11.8. The Hall–Kier alpha value is -4.48. The summed E-state index contributed by atoms with van der Waals surface area (Å²) in [4.78, 5) is 13.4. The van der Waals surface area contributed by atoms with Crippen LogP contribution in [0.2, 0.25) is 0 Å². The first-order valence-corrected chi connectivity index (χ1v) is 16.2. The summed E-state index contributed by atoms with van der Waals surface area (Å²) in [5, 5.41) is 1.92. The molecule has 4 nitrogen and oxygen atoms in total. The Bertz CT molecular complexity index is 2520. The summed E-state index contributed by atoms with van der Waals surface area (Å²) in [6.07, 6.45) is 3.67. The van der Waals surface area contributed by atoms with Gasteiger partial charge >= 0.3 is 0 Å². The van der Waals surface area contributed by atoms with Crippen LogP contribution in [0.3, 0.4) is 0 Å². The summed E-state index contributed by atoms with van der Waals surface area (Å²) < 4.78 is 39.0. The van der Waals surface area contributed by atoms with Crippen molar-refractivity contribution >= 4 is 43.5 Å². The number of rotatable bonds is 4. The number of pyridine rings is 2. The van der Waals surface area contributed by atoms with Gasteiger partial charge < -0.3 is 14.4 Å². The molecule has 0 fully saturated rings. The largest absolute Gasteiger partial charge is 0.501 e. The van der Waals surface area contributed by atoms with E-state index in [2.05, 4.69) is 54.1 Å². The van der Waals surface area contributed by atoms with Crippen LogP contribution in [0, 0.1) is 39.8 Å². The van der Waals surface area contributed by atoms with Crippen molar-refractivity contribution < 1.29 is 30.0 Å². The number of aromatic nitrogens is 3. The smallest absolute Gasteiger partial charge is 0.123 e. The summed E-state index contributed by atoms with van der Waals surface area (Å²) >= 11 is 1.18. The minimum Gasteiger partial charge on any atom is -0.501 e. The number of furan rings is 1. The quantitative estimate of drug-likeness (QED) is 0.166.